The van der Waals surface area contributed by atoms with Crippen molar-refractivity contribution >= 4 is 0 Å². The standard InChI is InChI=1S/C10H19N.C4H11N/c1-4-10-5-7-11(8-6-10)9(2)3;1-4(2)5-3/h4,9-10H,1,5-8H2,2-3H3;4-5H,1-3H3. The quantitative estimate of drug-likeness (QED) is 0.744. The molecule has 0 radical (unpaired) electrons. The van der Waals surface area contributed by atoms with E-state index in [9.17, 15) is 0 Å². The molecule has 96 valence electrons. The van der Waals surface area contributed by atoms with E-state index in [1.807, 2.05) is 7.05 Å². The predicted molar refractivity (Wildman–Crippen MR) is 73.8 cm³/mol. The number of nitrogens with zero attached hydrogens (tertiary/aromatic N) is 1. The SMILES string of the molecule is C=CC1CCN(C(C)C)CC1.CNC(C)C. The molecule has 0 amide bonds. The van der Waals surface area contributed by atoms with Crippen LogP contribution in [0.25, 0.3) is 0 Å². The van der Waals surface area contributed by atoms with Crippen LogP contribution < -0.4 is 5.32 Å². The fourth-order valence-electron chi connectivity index (χ4n) is 1.67. The van der Waals surface area contributed by atoms with E-state index in [4.69, 9.17) is 0 Å². The van der Waals surface area contributed by atoms with Gasteiger partial charge in [0.25, 0.3) is 0 Å². The van der Waals surface area contributed by atoms with Gasteiger partial charge in [-0.05, 0) is 52.7 Å². The van der Waals surface area contributed by atoms with Crippen molar-refractivity contribution in [3.63, 3.8) is 0 Å². The fourth-order valence-corrected chi connectivity index (χ4v) is 1.67. The maximum absolute atomic E-state index is 3.84. The van der Waals surface area contributed by atoms with Gasteiger partial charge in [-0.25, -0.2) is 0 Å². The number of rotatable bonds is 3. The lowest BCUT2D eigenvalue weighted by Gasteiger charge is -2.33. The molecule has 0 unspecified atom stereocenters. The molecule has 0 bridgehead atoms. The molecule has 1 rings (SSSR count). The molecule has 1 fully saturated rings. The smallest absolute Gasteiger partial charge is 0.00385 e. The molecule has 16 heavy (non-hydrogen) atoms. The number of likely N-dealkylation sites (tertiary alicyclic amines) is 1. The van der Waals surface area contributed by atoms with Crippen molar-refractivity contribution in [2.45, 2.75) is 52.6 Å². The molecule has 1 aliphatic rings. The molecular formula is C14H30N2. The van der Waals surface area contributed by atoms with Gasteiger partial charge in [0.1, 0.15) is 0 Å². The Hall–Kier alpha value is -0.340. The zero-order valence-corrected chi connectivity index (χ0v) is 11.8. The molecule has 1 aliphatic heterocycles. The van der Waals surface area contributed by atoms with Crippen molar-refractivity contribution in [3.05, 3.63) is 12.7 Å². The van der Waals surface area contributed by atoms with Crippen LogP contribution in [0.1, 0.15) is 40.5 Å². The van der Waals surface area contributed by atoms with Gasteiger partial charge in [-0.15, -0.1) is 6.58 Å². The van der Waals surface area contributed by atoms with Gasteiger partial charge >= 0.3 is 0 Å². The van der Waals surface area contributed by atoms with Gasteiger partial charge in [-0.2, -0.15) is 0 Å². The van der Waals surface area contributed by atoms with E-state index in [1.54, 1.807) is 0 Å². The van der Waals surface area contributed by atoms with Gasteiger partial charge in [0.05, 0.1) is 0 Å². The van der Waals surface area contributed by atoms with Crippen molar-refractivity contribution in [1.29, 1.82) is 0 Å². The van der Waals surface area contributed by atoms with Crippen LogP contribution in [-0.4, -0.2) is 37.1 Å². The molecule has 0 aromatic heterocycles. The second kappa shape index (κ2) is 8.77. The molecule has 2 heteroatoms. The van der Waals surface area contributed by atoms with Crippen molar-refractivity contribution in [3.8, 4) is 0 Å². The highest BCUT2D eigenvalue weighted by Crippen LogP contribution is 2.18. The molecular weight excluding hydrogens is 196 g/mol. The van der Waals surface area contributed by atoms with E-state index >= 15 is 0 Å². The number of hydrogen-bond acceptors (Lipinski definition) is 2. The summed E-state index contributed by atoms with van der Waals surface area (Å²) < 4.78 is 0. The largest absolute Gasteiger partial charge is 0.318 e. The fraction of sp³-hybridized carbons (Fsp3) is 0.857. The van der Waals surface area contributed by atoms with Crippen LogP contribution in [0.3, 0.4) is 0 Å². The number of piperidine rings is 1. The summed E-state index contributed by atoms with van der Waals surface area (Å²) in [7, 11) is 1.95. The van der Waals surface area contributed by atoms with E-state index in [0.717, 1.165) is 12.0 Å². The van der Waals surface area contributed by atoms with Crippen LogP contribution in [0.15, 0.2) is 12.7 Å². The minimum Gasteiger partial charge on any atom is -0.318 e. The maximum atomic E-state index is 3.84. The van der Waals surface area contributed by atoms with Crippen LogP contribution in [0.4, 0.5) is 0 Å². The molecule has 0 aromatic rings. The summed E-state index contributed by atoms with van der Waals surface area (Å²) in [6, 6.07) is 1.36. The van der Waals surface area contributed by atoms with Crippen LogP contribution >= 0.6 is 0 Å². The first-order valence-corrected chi connectivity index (χ1v) is 6.55. The minimum atomic E-state index is 0.634. The molecule has 0 aliphatic carbocycles. The lowest BCUT2D eigenvalue weighted by atomic mass is 9.96. The van der Waals surface area contributed by atoms with Gasteiger partial charge in [-0.3, -0.25) is 0 Å². The van der Waals surface area contributed by atoms with E-state index in [-0.39, 0.29) is 0 Å². The summed E-state index contributed by atoms with van der Waals surface area (Å²) >= 11 is 0. The zero-order chi connectivity index (χ0) is 12.6. The van der Waals surface area contributed by atoms with E-state index in [1.165, 1.54) is 25.9 Å². The molecule has 2 nitrogen and oxygen atoms in total. The van der Waals surface area contributed by atoms with Crippen molar-refractivity contribution < 1.29 is 0 Å². The summed E-state index contributed by atoms with van der Waals surface area (Å²) in [4.78, 5) is 2.54. The highest BCUT2D eigenvalue weighted by molar-refractivity contribution is 4.84. The summed E-state index contributed by atoms with van der Waals surface area (Å²) in [5.74, 6) is 0.782. The monoisotopic (exact) mass is 226 g/mol. The second-order valence-electron chi connectivity index (χ2n) is 5.15. The Kier molecular flexibility index (Phi) is 8.58. The first-order chi connectivity index (χ1) is 7.51. The number of hydrogen-bond donors (Lipinski definition) is 1. The molecule has 1 N–H and O–H groups in total. The maximum Gasteiger partial charge on any atom is 0.00385 e. The lowest BCUT2D eigenvalue weighted by Crippen LogP contribution is -2.37. The first kappa shape index (κ1) is 15.7. The summed E-state index contributed by atoms with van der Waals surface area (Å²) in [6.07, 6.45) is 4.72. The van der Waals surface area contributed by atoms with Crippen molar-refractivity contribution in [2.24, 2.45) is 5.92 Å². The Morgan fingerprint density at radius 1 is 1.19 bits per heavy atom. The number of nitrogens with one attached hydrogen (secondary N) is 1. The van der Waals surface area contributed by atoms with Crippen LogP contribution in [0.5, 0.6) is 0 Å². The average Bonchev–Trinajstić information content (AvgIpc) is 2.29. The van der Waals surface area contributed by atoms with Crippen LogP contribution in [0, 0.1) is 5.92 Å². The predicted octanol–water partition coefficient (Wildman–Crippen LogP) is 2.91. The Balaban J connectivity index is 0.000000385. The third-order valence-electron chi connectivity index (χ3n) is 3.22. The molecule has 0 saturated carbocycles. The van der Waals surface area contributed by atoms with E-state index in [2.05, 4.69) is 50.6 Å². The normalized spacial score (nSPS) is 18.4. The Morgan fingerprint density at radius 2 is 1.62 bits per heavy atom. The summed E-state index contributed by atoms with van der Waals surface area (Å²) in [5.41, 5.74) is 0. The molecule has 1 heterocycles. The Bertz CT molecular complexity index is 168. The van der Waals surface area contributed by atoms with Crippen LogP contribution in [-0.2, 0) is 0 Å². The van der Waals surface area contributed by atoms with Crippen molar-refractivity contribution in [1.82, 2.24) is 10.2 Å². The summed E-state index contributed by atoms with van der Waals surface area (Å²) in [6.45, 7) is 15.1. The minimum absolute atomic E-state index is 0.634. The highest BCUT2D eigenvalue weighted by atomic mass is 15.1. The van der Waals surface area contributed by atoms with Gasteiger partial charge < -0.3 is 10.2 Å². The topological polar surface area (TPSA) is 15.3 Å². The van der Waals surface area contributed by atoms with Gasteiger partial charge in [0, 0.05) is 12.1 Å². The molecule has 0 aromatic carbocycles. The van der Waals surface area contributed by atoms with E-state index < -0.39 is 0 Å². The van der Waals surface area contributed by atoms with Crippen molar-refractivity contribution in [2.75, 3.05) is 20.1 Å². The number of allylic oxidation sites excluding steroid dienone is 1. The third-order valence-corrected chi connectivity index (χ3v) is 3.22. The van der Waals surface area contributed by atoms with E-state index in [0.29, 0.717) is 6.04 Å². The molecule has 0 spiro atoms. The Morgan fingerprint density at radius 3 is 1.88 bits per heavy atom. The highest BCUT2D eigenvalue weighted by Gasteiger charge is 2.17. The third kappa shape index (κ3) is 7.02. The zero-order valence-electron chi connectivity index (χ0n) is 11.8. The molecule has 1 saturated heterocycles. The van der Waals surface area contributed by atoms with Gasteiger partial charge in [-0.1, -0.05) is 19.9 Å². The van der Waals surface area contributed by atoms with Gasteiger partial charge in [0.2, 0.25) is 0 Å². The lowest BCUT2D eigenvalue weighted by molar-refractivity contribution is 0.164. The second-order valence-corrected chi connectivity index (χ2v) is 5.15. The van der Waals surface area contributed by atoms with Crippen LogP contribution in [0.2, 0.25) is 0 Å². The van der Waals surface area contributed by atoms with Gasteiger partial charge in [0.15, 0.2) is 0 Å². The average molecular weight is 226 g/mol. The first-order valence-electron chi connectivity index (χ1n) is 6.55. The Labute approximate surface area is 102 Å². The molecule has 0 atom stereocenters. The summed E-state index contributed by atoms with van der Waals surface area (Å²) in [5, 5.41) is 3.03.